The van der Waals surface area contributed by atoms with E-state index in [1.54, 1.807) is 18.9 Å². The van der Waals surface area contributed by atoms with Gasteiger partial charge in [-0.1, -0.05) is 35.5 Å². The molecule has 0 saturated carbocycles. The number of hydrogen-bond acceptors (Lipinski definition) is 6. The maximum Gasteiger partial charge on any atom is 0.191 e. The van der Waals surface area contributed by atoms with Crippen LogP contribution in [0.3, 0.4) is 0 Å². The second-order valence-electron chi connectivity index (χ2n) is 8.20. The molecule has 1 aliphatic heterocycles. The Kier molecular flexibility index (Phi) is 6.53. The lowest BCUT2D eigenvalue weighted by molar-refractivity contribution is 0.0953. The van der Waals surface area contributed by atoms with E-state index in [4.69, 9.17) is 21.1 Å². The molecule has 1 unspecified atom stereocenters. The van der Waals surface area contributed by atoms with E-state index in [-0.39, 0.29) is 6.10 Å². The summed E-state index contributed by atoms with van der Waals surface area (Å²) in [6.07, 6.45) is 2.31. The summed E-state index contributed by atoms with van der Waals surface area (Å²) >= 11 is 8.15. The molecule has 1 fully saturated rings. The highest BCUT2D eigenvalue weighted by Gasteiger charge is 2.22. The van der Waals surface area contributed by atoms with E-state index in [9.17, 15) is 0 Å². The topological polar surface area (TPSA) is 62.1 Å². The monoisotopic (exact) mass is 480 g/mol. The van der Waals surface area contributed by atoms with Crippen LogP contribution in [-0.2, 0) is 17.0 Å². The standard InChI is InChI=1S/C25H25ClN4O2S/c1-16-5-6-18-13-19(23(26)27-22(18)12-16)15-33-25-29-28-24(17-7-9-20(31-2)10-8-17)30(25)14-21-4-3-11-32-21/h5-10,12-13,21H,3-4,11,14-15H2,1-2H3. The Labute approximate surface area is 202 Å². The third kappa shape index (κ3) is 4.86. The van der Waals surface area contributed by atoms with Crippen molar-refractivity contribution in [3.8, 4) is 17.1 Å². The van der Waals surface area contributed by atoms with Crippen LogP contribution < -0.4 is 4.74 Å². The summed E-state index contributed by atoms with van der Waals surface area (Å²) in [7, 11) is 1.66. The van der Waals surface area contributed by atoms with Gasteiger partial charge in [0, 0.05) is 28.9 Å². The van der Waals surface area contributed by atoms with E-state index in [1.165, 1.54) is 5.56 Å². The van der Waals surface area contributed by atoms with E-state index in [0.717, 1.165) is 64.8 Å². The van der Waals surface area contributed by atoms with Crippen LogP contribution >= 0.6 is 23.4 Å². The third-order valence-electron chi connectivity index (χ3n) is 5.83. The van der Waals surface area contributed by atoms with Crippen LogP contribution in [0.4, 0.5) is 0 Å². The van der Waals surface area contributed by atoms with Crippen LogP contribution in [0.25, 0.3) is 22.3 Å². The van der Waals surface area contributed by atoms with Crippen molar-refractivity contribution in [1.82, 2.24) is 19.7 Å². The summed E-state index contributed by atoms with van der Waals surface area (Å²) in [4.78, 5) is 4.60. The molecule has 1 atom stereocenters. The normalized spacial score (nSPS) is 15.9. The number of hydrogen-bond donors (Lipinski definition) is 0. The summed E-state index contributed by atoms with van der Waals surface area (Å²) in [6, 6.07) is 16.2. The lowest BCUT2D eigenvalue weighted by Gasteiger charge is -2.15. The zero-order valence-electron chi connectivity index (χ0n) is 18.6. The number of nitrogens with zero attached hydrogens (tertiary/aromatic N) is 4. The first-order valence-electron chi connectivity index (χ1n) is 11.0. The zero-order valence-corrected chi connectivity index (χ0v) is 20.2. The van der Waals surface area contributed by atoms with Gasteiger partial charge >= 0.3 is 0 Å². The number of methoxy groups -OCH3 is 1. The van der Waals surface area contributed by atoms with E-state index in [1.807, 2.05) is 24.3 Å². The Hall–Kier alpha value is -2.61. The highest BCUT2D eigenvalue weighted by molar-refractivity contribution is 7.98. The summed E-state index contributed by atoms with van der Waals surface area (Å²) in [5.74, 6) is 2.29. The maximum atomic E-state index is 6.53. The summed E-state index contributed by atoms with van der Waals surface area (Å²) in [5, 5.41) is 11.5. The maximum absolute atomic E-state index is 6.53. The van der Waals surface area contributed by atoms with E-state index >= 15 is 0 Å². The molecule has 5 rings (SSSR count). The fourth-order valence-corrected chi connectivity index (χ4v) is 5.26. The van der Waals surface area contributed by atoms with Crippen LogP contribution in [0.1, 0.15) is 24.0 Å². The van der Waals surface area contributed by atoms with Crippen molar-refractivity contribution in [2.75, 3.05) is 13.7 Å². The average molecular weight is 481 g/mol. The Morgan fingerprint density at radius 3 is 2.76 bits per heavy atom. The quantitative estimate of drug-likeness (QED) is 0.241. The van der Waals surface area contributed by atoms with Gasteiger partial charge in [0.05, 0.1) is 25.3 Å². The largest absolute Gasteiger partial charge is 0.497 e. The fraction of sp³-hybridized carbons (Fsp3) is 0.320. The lowest BCUT2D eigenvalue weighted by atomic mass is 10.1. The molecule has 2 aromatic carbocycles. The number of benzene rings is 2. The molecule has 2 aromatic heterocycles. The Morgan fingerprint density at radius 1 is 1.15 bits per heavy atom. The number of pyridine rings is 1. The molecule has 0 radical (unpaired) electrons. The van der Waals surface area contributed by atoms with Gasteiger partial charge in [0.1, 0.15) is 10.9 Å². The first-order valence-corrected chi connectivity index (χ1v) is 12.3. The molecule has 0 amide bonds. The number of thioether (sulfide) groups is 1. The fourth-order valence-electron chi connectivity index (χ4n) is 4.05. The van der Waals surface area contributed by atoms with Crippen LogP contribution in [-0.4, -0.2) is 39.6 Å². The van der Waals surface area contributed by atoms with Gasteiger partial charge in [-0.05, 0) is 61.7 Å². The van der Waals surface area contributed by atoms with Crippen molar-refractivity contribution in [2.45, 2.75) is 43.3 Å². The summed E-state index contributed by atoms with van der Waals surface area (Å²) in [5.41, 5.74) is 4.06. The minimum atomic E-state index is 0.173. The highest BCUT2D eigenvalue weighted by Crippen LogP contribution is 2.31. The Morgan fingerprint density at radius 2 is 2.00 bits per heavy atom. The smallest absolute Gasteiger partial charge is 0.191 e. The summed E-state index contributed by atoms with van der Waals surface area (Å²) < 4.78 is 13.4. The molecular weight excluding hydrogens is 456 g/mol. The van der Waals surface area contributed by atoms with Gasteiger partial charge in [-0.25, -0.2) is 4.98 Å². The summed E-state index contributed by atoms with van der Waals surface area (Å²) in [6.45, 7) is 3.59. The number of ether oxygens (including phenoxy) is 2. The Bertz CT molecular complexity index is 1270. The number of rotatable bonds is 7. The molecule has 4 aromatic rings. The van der Waals surface area contributed by atoms with Crippen LogP contribution in [0, 0.1) is 6.92 Å². The molecule has 0 aliphatic carbocycles. The van der Waals surface area contributed by atoms with E-state index in [2.05, 4.69) is 50.9 Å². The molecule has 0 bridgehead atoms. The van der Waals surface area contributed by atoms with Crippen molar-refractivity contribution in [1.29, 1.82) is 0 Å². The van der Waals surface area contributed by atoms with Crippen molar-refractivity contribution in [2.24, 2.45) is 0 Å². The van der Waals surface area contributed by atoms with Gasteiger partial charge < -0.3 is 9.47 Å². The molecule has 170 valence electrons. The molecular formula is C25H25ClN4O2S. The minimum Gasteiger partial charge on any atom is -0.497 e. The van der Waals surface area contributed by atoms with E-state index < -0.39 is 0 Å². The molecule has 33 heavy (non-hydrogen) atoms. The molecule has 6 nitrogen and oxygen atoms in total. The molecule has 0 N–H and O–H groups in total. The zero-order chi connectivity index (χ0) is 22.8. The molecule has 8 heteroatoms. The minimum absolute atomic E-state index is 0.173. The van der Waals surface area contributed by atoms with Gasteiger partial charge in [0.2, 0.25) is 0 Å². The first-order chi connectivity index (χ1) is 16.1. The first kappa shape index (κ1) is 22.2. The second-order valence-corrected chi connectivity index (χ2v) is 9.50. The molecule has 1 saturated heterocycles. The average Bonchev–Trinajstić information content (AvgIpc) is 3.48. The van der Waals surface area contributed by atoms with Gasteiger partial charge in [-0.3, -0.25) is 4.57 Å². The second kappa shape index (κ2) is 9.71. The van der Waals surface area contributed by atoms with Gasteiger partial charge in [0.15, 0.2) is 11.0 Å². The van der Waals surface area contributed by atoms with Gasteiger partial charge in [-0.15, -0.1) is 10.2 Å². The Balaban J connectivity index is 1.43. The third-order valence-corrected chi connectivity index (χ3v) is 7.17. The number of fused-ring (bicyclic) bond motifs is 1. The van der Waals surface area contributed by atoms with E-state index in [0.29, 0.717) is 10.9 Å². The highest BCUT2D eigenvalue weighted by atomic mass is 35.5. The van der Waals surface area contributed by atoms with Crippen LogP contribution in [0.2, 0.25) is 5.15 Å². The van der Waals surface area contributed by atoms with Gasteiger partial charge in [0.25, 0.3) is 0 Å². The number of halogens is 1. The molecule has 1 aliphatic rings. The van der Waals surface area contributed by atoms with Crippen LogP contribution in [0.15, 0.2) is 53.7 Å². The predicted molar refractivity (Wildman–Crippen MR) is 132 cm³/mol. The SMILES string of the molecule is COc1ccc(-c2nnc(SCc3cc4ccc(C)cc4nc3Cl)n2CC2CCCO2)cc1. The molecule has 0 spiro atoms. The van der Waals surface area contributed by atoms with Crippen molar-refractivity contribution in [3.63, 3.8) is 0 Å². The van der Waals surface area contributed by atoms with Crippen molar-refractivity contribution >= 4 is 34.3 Å². The molecule has 3 heterocycles. The predicted octanol–water partition coefficient (Wildman–Crippen LogP) is 5.94. The van der Waals surface area contributed by atoms with Crippen molar-refractivity contribution < 1.29 is 9.47 Å². The number of aryl methyl sites for hydroxylation is 1. The van der Waals surface area contributed by atoms with Crippen molar-refractivity contribution in [3.05, 3.63) is 64.8 Å². The van der Waals surface area contributed by atoms with Crippen LogP contribution in [0.5, 0.6) is 5.75 Å². The number of aromatic nitrogens is 4. The lowest BCUT2D eigenvalue weighted by Crippen LogP contribution is -2.16. The van der Waals surface area contributed by atoms with Gasteiger partial charge in [-0.2, -0.15) is 0 Å².